The topological polar surface area (TPSA) is 43.6 Å². The summed E-state index contributed by atoms with van der Waals surface area (Å²) in [4.78, 5) is 15.2. The van der Waals surface area contributed by atoms with Crippen LogP contribution < -0.4 is 5.19 Å². The van der Waals surface area contributed by atoms with Gasteiger partial charge < -0.3 is 9.55 Å². The maximum absolute atomic E-state index is 8.75. The molecule has 0 bridgehead atoms. The standard InChI is InChI=1S/C38H26N3S2.C19H26NSi.Ir/c1-21(2)25-17-18-31(34-28-11-6-7-14-33(28)42-36(25)34)41-32-20-24-10-5-4-9-23(24)19-30(32)40-37(41)29-13-8-12-26-27-16-15-22(3)39-38(27)43-35(26)29;1-19(2,3)13-16-12-17(15-10-8-7-9-11-15)20-14-18(16)21(4,5)6;/h4-12,14-21H,1-3H3;7-10,12,14H,13H2,1-6H3;/q2*-1;/i3D3;13D2;. The van der Waals surface area contributed by atoms with Gasteiger partial charge in [-0.15, -0.1) is 65.4 Å². The van der Waals surface area contributed by atoms with Crippen molar-refractivity contribution < 1.29 is 27.0 Å². The van der Waals surface area contributed by atoms with Crippen molar-refractivity contribution in [2.75, 3.05) is 0 Å². The van der Waals surface area contributed by atoms with Crippen LogP contribution in [0.4, 0.5) is 0 Å². The number of imidazole rings is 1. The van der Waals surface area contributed by atoms with Gasteiger partial charge in [-0.05, 0) is 92.2 Å². The van der Waals surface area contributed by atoms with Gasteiger partial charge in [0.2, 0.25) is 0 Å². The molecule has 5 heterocycles. The fraction of sp³-hybridized carbons (Fsp3) is 0.211. The van der Waals surface area contributed by atoms with Crippen molar-refractivity contribution in [1.29, 1.82) is 0 Å². The van der Waals surface area contributed by atoms with E-state index >= 15 is 0 Å². The molecule has 11 aromatic rings. The van der Waals surface area contributed by atoms with E-state index < -0.39 is 26.7 Å². The van der Waals surface area contributed by atoms with E-state index in [0.717, 1.165) is 76.4 Å². The summed E-state index contributed by atoms with van der Waals surface area (Å²) in [5.74, 6) is 1.17. The van der Waals surface area contributed by atoms with E-state index in [9.17, 15) is 0 Å². The molecular formula is C57H52IrN4S2Si-2. The van der Waals surface area contributed by atoms with Gasteiger partial charge in [-0.1, -0.05) is 131 Å². The Balaban J connectivity index is 0.000000215. The van der Waals surface area contributed by atoms with E-state index in [1.165, 1.54) is 37.1 Å². The van der Waals surface area contributed by atoms with Crippen molar-refractivity contribution in [3.05, 3.63) is 163 Å². The van der Waals surface area contributed by atoms with Crippen LogP contribution >= 0.6 is 22.7 Å². The van der Waals surface area contributed by atoms with Crippen LogP contribution in [0, 0.1) is 24.4 Å². The van der Waals surface area contributed by atoms with Crippen molar-refractivity contribution in [2.24, 2.45) is 5.41 Å². The van der Waals surface area contributed by atoms with Crippen LogP contribution in [0.15, 0.2) is 134 Å². The Morgan fingerprint density at radius 2 is 1.54 bits per heavy atom. The maximum atomic E-state index is 8.75. The quantitative estimate of drug-likeness (QED) is 0.123. The van der Waals surface area contributed by atoms with Gasteiger partial charge in [-0.3, -0.25) is 4.98 Å². The van der Waals surface area contributed by atoms with E-state index in [4.69, 9.17) is 11.8 Å². The number of hydrogen-bond acceptors (Lipinski definition) is 5. The molecule has 0 spiro atoms. The number of rotatable bonds is 6. The molecule has 5 aromatic heterocycles. The second kappa shape index (κ2) is 17.5. The molecule has 0 aliphatic rings. The fourth-order valence-corrected chi connectivity index (χ4v) is 12.6. The van der Waals surface area contributed by atoms with Crippen LogP contribution in [0.3, 0.4) is 0 Å². The molecule has 6 aromatic carbocycles. The van der Waals surface area contributed by atoms with Crippen LogP contribution in [0.2, 0.25) is 19.6 Å². The van der Waals surface area contributed by atoms with E-state index in [0.29, 0.717) is 10.7 Å². The van der Waals surface area contributed by atoms with Crippen molar-refractivity contribution in [3.8, 4) is 28.3 Å². The van der Waals surface area contributed by atoms with Crippen LogP contribution in [0.25, 0.3) is 90.6 Å². The summed E-state index contributed by atoms with van der Waals surface area (Å²) in [6.07, 6.45) is 0.469. The molecule has 0 unspecified atom stereocenters. The first kappa shape index (κ1) is 38.9. The minimum absolute atomic E-state index is 0. The molecule has 0 aliphatic carbocycles. The third kappa shape index (κ3) is 8.52. The number of nitrogens with zero attached hydrogens (tertiary/aromatic N) is 4. The van der Waals surface area contributed by atoms with Gasteiger partial charge in [0.1, 0.15) is 4.83 Å². The molecule has 4 nitrogen and oxygen atoms in total. The van der Waals surface area contributed by atoms with Crippen LogP contribution in [0.1, 0.15) is 64.2 Å². The van der Waals surface area contributed by atoms with Gasteiger partial charge in [0, 0.05) is 64.7 Å². The van der Waals surface area contributed by atoms with E-state index in [-0.39, 0.29) is 25.8 Å². The van der Waals surface area contributed by atoms with Gasteiger partial charge in [0.05, 0.1) is 24.9 Å². The molecule has 0 amide bonds. The van der Waals surface area contributed by atoms with E-state index in [2.05, 4.69) is 133 Å². The van der Waals surface area contributed by atoms with Gasteiger partial charge in [-0.2, -0.15) is 11.3 Å². The zero-order valence-corrected chi connectivity index (χ0v) is 42.7. The van der Waals surface area contributed by atoms with Crippen LogP contribution in [0.5, 0.6) is 0 Å². The number of aromatic nitrogens is 4. The molecule has 327 valence electrons. The van der Waals surface area contributed by atoms with Crippen molar-refractivity contribution in [2.45, 2.75) is 73.4 Å². The first-order chi connectivity index (χ1) is 32.7. The van der Waals surface area contributed by atoms with Gasteiger partial charge in [-0.25, -0.2) is 4.98 Å². The number of fused-ring (bicyclic) bond motifs is 8. The van der Waals surface area contributed by atoms with E-state index in [1.54, 1.807) is 6.07 Å². The van der Waals surface area contributed by atoms with Crippen LogP contribution in [-0.4, -0.2) is 27.6 Å². The third-order valence-corrected chi connectivity index (χ3v) is 16.0. The Bertz CT molecular complexity index is 3770. The summed E-state index contributed by atoms with van der Waals surface area (Å²) in [7, 11) is -1.70. The average Bonchev–Trinajstić information content (AvgIpc) is 4.01. The number of benzene rings is 6. The number of pyridine rings is 2. The Morgan fingerprint density at radius 1 is 0.769 bits per heavy atom. The molecule has 11 rings (SSSR count). The Labute approximate surface area is 411 Å². The van der Waals surface area contributed by atoms with E-state index in [1.807, 2.05) is 86.8 Å². The van der Waals surface area contributed by atoms with Crippen molar-refractivity contribution in [3.63, 3.8) is 0 Å². The Kier molecular flexibility index (Phi) is 10.4. The molecule has 1 radical (unpaired) electrons. The minimum atomic E-state index is -2.27. The predicted octanol–water partition coefficient (Wildman–Crippen LogP) is 15.9. The van der Waals surface area contributed by atoms with Gasteiger partial charge in [0.15, 0.2) is 0 Å². The number of thiophene rings is 2. The summed E-state index contributed by atoms with van der Waals surface area (Å²) >= 11 is 3.35. The predicted molar refractivity (Wildman–Crippen MR) is 280 cm³/mol. The molecule has 0 saturated heterocycles. The van der Waals surface area contributed by atoms with Crippen LogP contribution in [-0.2, 0) is 26.5 Å². The summed E-state index contributed by atoms with van der Waals surface area (Å²) in [6, 6.07) is 49.9. The normalized spacial score (nSPS) is 13.7. The zero-order chi connectivity index (χ0) is 48.8. The molecule has 0 fully saturated rings. The summed E-state index contributed by atoms with van der Waals surface area (Å²) < 4.78 is 47.1. The van der Waals surface area contributed by atoms with Crippen molar-refractivity contribution >= 4 is 98.2 Å². The monoisotopic (exact) mass is 1080 g/mol. The van der Waals surface area contributed by atoms with Gasteiger partial charge in [0.25, 0.3) is 0 Å². The smallest absolute Gasteiger partial charge is 0.113 e. The maximum Gasteiger partial charge on any atom is 0.113 e. The third-order valence-electron chi connectivity index (χ3n) is 11.6. The minimum Gasteiger partial charge on any atom is -0.332 e. The second-order valence-corrected chi connectivity index (χ2v) is 25.9. The molecule has 0 N–H and O–H groups in total. The summed E-state index contributed by atoms with van der Waals surface area (Å²) in [6.45, 7) is 14.8. The Morgan fingerprint density at radius 3 is 2.28 bits per heavy atom. The largest absolute Gasteiger partial charge is 0.332 e. The first-order valence-corrected chi connectivity index (χ1v) is 26.9. The molecular weight excluding hydrogens is 1030 g/mol. The molecule has 0 aliphatic heterocycles. The number of hydrogen-bond donors (Lipinski definition) is 0. The first-order valence-electron chi connectivity index (χ1n) is 24.3. The summed E-state index contributed by atoms with van der Waals surface area (Å²) in [5.41, 5.74) is 7.32. The molecule has 0 saturated carbocycles. The Hall–Kier alpha value is -5.34. The molecule has 8 heteroatoms. The second-order valence-electron chi connectivity index (χ2n) is 18.9. The zero-order valence-electron chi connectivity index (χ0n) is 42.7. The van der Waals surface area contributed by atoms with Gasteiger partial charge >= 0.3 is 0 Å². The SMILES string of the molecule is [2H]C([2H])([2H])c1ccc2c(n1)sc1c(-c3nc4cc5ccccc5cc4n3-c3ccc(C(C)C)c4sc5ccccc5c34)[c-]ccc12.[2H]C([2H])(c1cc(-c2[c-]cccc2)ncc1[Si](C)(C)C)C(C)(C)C.[Ir]. The number of aryl methyl sites for hydroxylation is 1. The molecule has 65 heavy (non-hydrogen) atoms. The summed E-state index contributed by atoms with van der Waals surface area (Å²) in [5, 5.41) is 7.80. The van der Waals surface area contributed by atoms with Crippen molar-refractivity contribution in [1.82, 2.24) is 19.5 Å². The molecule has 0 atom stereocenters. The fourth-order valence-electron chi connectivity index (χ4n) is 8.70. The average molecular weight is 1080 g/mol.